The Morgan fingerprint density at radius 2 is 1.74 bits per heavy atom. The summed E-state index contributed by atoms with van der Waals surface area (Å²) in [6, 6.07) is 14.1. The summed E-state index contributed by atoms with van der Waals surface area (Å²) in [7, 11) is -3.62. The van der Waals surface area contributed by atoms with E-state index in [2.05, 4.69) is 20.4 Å². The number of tetrazole rings is 1. The van der Waals surface area contributed by atoms with E-state index in [1.807, 2.05) is 31.2 Å². The first-order valence-electron chi connectivity index (χ1n) is 9.96. The Kier molecular flexibility index (Phi) is 6.51. The third-order valence-electron chi connectivity index (χ3n) is 5.08. The number of sulfonamides is 1. The van der Waals surface area contributed by atoms with Crippen LogP contribution < -0.4 is 4.74 Å². The molecule has 1 fully saturated rings. The minimum absolute atomic E-state index is 0.143. The molecule has 1 aliphatic rings. The molecule has 2 heterocycles. The molecule has 3 aromatic rings. The molecular weight excluding hydrogens is 440 g/mol. The molecule has 0 atom stereocenters. The maximum atomic E-state index is 12.9. The summed E-state index contributed by atoms with van der Waals surface area (Å²) >= 11 is 6.11. The van der Waals surface area contributed by atoms with Gasteiger partial charge in [-0.05, 0) is 53.7 Å². The second kappa shape index (κ2) is 9.31. The summed E-state index contributed by atoms with van der Waals surface area (Å²) in [5.41, 5.74) is 0.836. The lowest BCUT2D eigenvalue weighted by atomic mass is 10.3. The van der Waals surface area contributed by atoms with Gasteiger partial charge in [0.1, 0.15) is 10.6 Å². The summed E-state index contributed by atoms with van der Waals surface area (Å²) < 4.78 is 34.5. The molecule has 11 heteroatoms. The van der Waals surface area contributed by atoms with E-state index in [-0.39, 0.29) is 9.92 Å². The smallest absolute Gasteiger partial charge is 0.244 e. The fourth-order valence-electron chi connectivity index (χ4n) is 3.48. The van der Waals surface area contributed by atoms with Gasteiger partial charge in [0.05, 0.1) is 23.9 Å². The number of piperazine rings is 1. The Balaban J connectivity index is 1.41. The molecule has 0 bridgehead atoms. The highest BCUT2D eigenvalue weighted by atomic mass is 35.5. The first kappa shape index (κ1) is 21.7. The number of benzene rings is 2. The lowest BCUT2D eigenvalue weighted by Gasteiger charge is -2.33. The van der Waals surface area contributed by atoms with Gasteiger partial charge in [0.2, 0.25) is 10.0 Å². The van der Waals surface area contributed by atoms with Crippen LogP contribution in [0.25, 0.3) is 5.69 Å². The molecule has 1 aliphatic heterocycles. The highest BCUT2D eigenvalue weighted by Crippen LogP contribution is 2.25. The van der Waals surface area contributed by atoms with Crippen molar-refractivity contribution in [3.63, 3.8) is 0 Å². The van der Waals surface area contributed by atoms with Gasteiger partial charge in [-0.2, -0.15) is 8.99 Å². The highest BCUT2D eigenvalue weighted by molar-refractivity contribution is 7.89. The Labute approximate surface area is 186 Å². The quantitative estimate of drug-likeness (QED) is 0.531. The van der Waals surface area contributed by atoms with Crippen LogP contribution in [0.3, 0.4) is 0 Å². The molecule has 1 aromatic heterocycles. The van der Waals surface area contributed by atoms with E-state index < -0.39 is 10.0 Å². The molecule has 0 aliphatic carbocycles. The van der Waals surface area contributed by atoms with Crippen LogP contribution in [0.4, 0.5) is 0 Å². The van der Waals surface area contributed by atoms with Crippen molar-refractivity contribution in [1.29, 1.82) is 0 Å². The van der Waals surface area contributed by atoms with Crippen molar-refractivity contribution in [2.24, 2.45) is 0 Å². The fourth-order valence-corrected chi connectivity index (χ4v) is 5.39. The van der Waals surface area contributed by atoms with E-state index in [0.717, 1.165) is 11.4 Å². The molecule has 0 amide bonds. The first-order chi connectivity index (χ1) is 15.0. The Bertz CT molecular complexity index is 1130. The Hall–Kier alpha value is -2.53. The van der Waals surface area contributed by atoms with Gasteiger partial charge in [0.25, 0.3) is 0 Å². The lowest BCUT2D eigenvalue weighted by molar-refractivity contribution is 0.177. The van der Waals surface area contributed by atoms with Gasteiger partial charge in [-0.1, -0.05) is 23.7 Å². The molecule has 164 valence electrons. The third-order valence-corrected chi connectivity index (χ3v) is 7.48. The van der Waals surface area contributed by atoms with Crippen molar-refractivity contribution in [3.05, 3.63) is 59.4 Å². The highest BCUT2D eigenvalue weighted by Gasteiger charge is 2.30. The monoisotopic (exact) mass is 462 g/mol. The summed E-state index contributed by atoms with van der Waals surface area (Å²) in [4.78, 5) is 2.28. The number of ether oxygens (including phenoxy) is 1. The zero-order valence-electron chi connectivity index (χ0n) is 17.1. The predicted octanol–water partition coefficient (Wildman–Crippen LogP) is 2.22. The van der Waals surface area contributed by atoms with Gasteiger partial charge in [0, 0.05) is 26.2 Å². The molecule has 2 aromatic carbocycles. The van der Waals surface area contributed by atoms with Crippen molar-refractivity contribution in [3.8, 4) is 11.4 Å². The standard InChI is InChI=1S/C20H23ClN6O3S/c1-2-30-17-9-7-16(8-10-17)27-20(22-23-24-27)15-25-11-13-26(14-12-25)31(28,29)19-6-4-3-5-18(19)21/h3-10H,2,11-15H2,1H3. The Morgan fingerprint density at radius 3 is 2.42 bits per heavy atom. The zero-order valence-corrected chi connectivity index (χ0v) is 18.6. The molecule has 0 radical (unpaired) electrons. The Morgan fingerprint density at radius 1 is 1.03 bits per heavy atom. The molecule has 0 saturated carbocycles. The number of nitrogens with zero attached hydrogens (tertiary/aromatic N) is 6. The van der Waals surface area contributed by atoms with Crippen LogP contribution >= 0.6 is 11.6 Å². The van der Waals surface area contributed by atoms with Crippen LogP contribution in [0.15, 0.2) is 53.4 Å². The molecular formula is C20H23ClN6O3S. The van der Waals surface area contributed by atoms with E-state index in [0.29, 0.717) is 45.2 Å². The van der Waals surface area contributed by atoms with E-state index >= 15 is 0 Å². The normalized spacial score (nSPS) is 15.8. The molecule has 0 N–H and O–H groups in total. The molecule has 9 nitrogen and oxygen atoms in total. The number of rotatable bonds is 7. The number of hydrogen-bond donors (Lipinski definition) is 0. The largest absolute Gasteiger partial charge is 0.494 e. The van der Waals surface area contributed by atoms with Gasteiger partial charge in [-0.3, -0.25) is 4.90 Å². The minimum atomic E-state index is -3.62. The van der Waals surface area contributed by atoms with Crippen molar-refractivity contribution in [2.45, 2.75) is 18.4 Å². The molecule has 4 rings (SSSR count). The van der Waals surface area contributed by atoms with Crippen molar-refractivity contribution < 1.29 is 13.2 Å². The van der Waals surface area contributed by atoms with Gasteiger partial charge >= 0.3 is 0 Å². The third kappa shape index (κ3) is 4.72. The van der Waals surface area contributed by atoms with E-state index in [9.17, 15) is 8.42 Å². The average molecular weight is 463 g/mol. The molecule has 1 saturated heterocycles. The maximum Gasteiger partial charge on any atom is 0.244 e. The van der Waals surface area contributed by atoms with Gasteiger partial charge in [0.15, 0.2) is 5.82 Å². The average Bonchev–Trinajstić information content (AvgIpc) is 3.23. The van der Waals surface area contributed by atoms with Gasteiger partial charge in [-0.15, -0.1) is 5.10 Å². The van der Waals surface area contributed by atoms with Crippen molar-refractivity contribution in [1.82, 2.24) is 29.4 Å². The minimum Gasteiger partial charge on any atom is -0.494 e. The summed E-state index contributed by atoms with van der Waals surface area (Å²) in [6.07, 6.45) is 0. The summed E-state index contributed by atoms with van der Waals surface area (Å²) in [5, 5.41) is 12.3. The lowest BCUT2D eigenvalue weighted by Crippen LogP contribution is -2.48. The predicted molar refractivity (Wildman–Crippen MR) is 116 cm³/mol. The summed E-state index contributed by atoms with van der Waals surface area (Å²) in [6.45, 7) is 4.94. The SMILES string of the molecule is CCOc1ccc(-n2nnnc2CN2CCN(S(=O)(=O)c3ccccc3Cl)CC2)cc1. The van der Waals surface area contributed by atoms with Crippen LogP contribution in [0, 0.1) is 0 Å². The van der Waals surface area contributed by atoms with Crippen LogP contribution in [0.2, 0.25) is 5.02 Å². The first-order valence-corrected chi connectivity index (χ1v) is 11.8. The summed E-state index contributed by atoms with van der Waals surface area (Å²) in [5.74, 6) is 1.48. The number of halogens is 1. The number of hydrogen-bond acceptors (Lipinski definition) is 7. The van der Waals surface area contributed by atoms with Crippen molar-refractivity contribution >= 4 is 21.6 Å². The van der Waals surface area contributed by atoms with E-state index in [1.54, 1.807) is 22.9 Å². The maximum absolute atomic E-state index is 12.9. The van der Waals surface area contributed by atoms with Crippen molar-refractivity contribution in [2.75, 3.05) is 32.8 Å². The molecule has 0 unspecified atom stereocenters. The van der Waals surface area contributed by atoms with E-state index in [1.165, 1.54) is 10.4 Å². The van der Waals surface area contributed by atoms with Crippen LogP contribution in [-0.4, -0.2) is 70.6 Å². The topological polar surface area (TPSA) is 93.4 Å². The van der Waals surface area contributed by atoms with Crippen LogP contribution in [0.1, 0.15) is 12.7 Å². The zero-order chi connectivity index (χ0) is 21.8. The van der Waals surface area contributed by atoms with Crippen LogP contribution in [-0.2, 0) is 16.6 Å². The number of aromatic nitrogens is 4. The van der Waals surface area contributed by atoms with Crippen LogP contribution in [0.5, 0.6) is 5.75 Å². The van der Waals surface area contributed by atoms with Gasteiger partial charge in [-0.25, -0.2) is 8.42 Å². The molecule has 31 heavy (non-hydrogen) atoms. The fraction of sp³-hybridized carbons (Fsp3) is 0.350. The second-order valence-electron chi connectivity index (χ2n) is 7.04. The molecule has 0 spiro atoms. The van der Waals surface area contributed by atoms with Gasteiger partial charge < -0.3 is 4.74 Å². The second-order valence-corrected chi connectivity index (χ2v) is 9.36. The van der Waals surface area contributed by atoms with E-state index in [4.69, 9.17) is 16.3 Å².